The third kappa shape index (κ3) is 3.52. The molecule has 5 aromatic rings. The summed E-state index contributed by atoms with van der Waals surface area (Å²) in [4.78, 5) is 21.8. The third-order valence-electron chi connectivity index (χ3n) is 4.93. The van der Waals surface area contributed by atoms with Crippen LogP contribution < -0.4 is 5.32 Å². The maximum atomic E-state index is 13.2. The van der Waals surface area contributed by atoms with Crippen LogP contribution in [0.25, 0.3) is 28.2 Å². The second-order valence-corrected chi connectivity index (χ2v) is 7.78. The van der Waals surface area contributed by atoms with Crippen LogP contribution in [0, 0.1) is 0 Å². The summed E-state index contributed by atoms with van der Waals surface area (Å²) in [6.45, 7) is 4.06. The van der Waals surface area contributed by atoms with Gasteiger partial charge in [0, 0.05) is 17.6 Å². The number of hydrogen-bond donors (Lipinski definition) is 1. The van der Waals surface area contributed by atoms with Crippen LogP contribution >= 0.6 is 11.6 Å². The smallest absolute Gasteiger partial charge is 0.294 e. The number of nitrogens with one attached hydrogen (secondary N) is 1. The van der Waals surface area contributed by atoms with Gasteiger partial charge in [-0.25, -0.2) is 9.97 Å². The zero-order chi connectivity index (χ0) is 22.2. The normalized spacial score (nSPS) is 11.4. The predicted molar refractivity (Wildman–Crippen MR) is 120 cm³/mol. The quantitative estimate of drug-likeness (QED) is 0.416. The van der Waals surface area contributed by atoms with E-state index in [2.05, 4.69) is 25.5 Å². The molecule has 5 rings (SSSR count). The molecule has 32 heavy (non-hydrogen) atoms. The van der Waals surface area contributed by atoms with Gasteiger partial charge < -0.3 is 18.9 Å². The largest absolute Gasteiger partial charge is 0.449 e. The second kappa shape index (κ2) is 7.93. The minimum absolute atomic E-state index is 0.123. The number of pyridine rings is 1. The summed E-state index contributed by atoms with van der Waals surface area (Å²) in [5.41, 5.74) is 1.72. The lowest BCUT2D eigenvalue weighted by atomic mass is 10.2. The maximum absolute atomic E-state index is 13.2. The highest BCUT2D eigenvalue weighted by atomic mass is 35.5. The van der Waals surface area contributed by atoms with Gasteiger partial charge in [0.1, 0.15) is 40.6 Å². The van der Waals surface area contributed by atoms with Gasteiger partial charge in [0.2, 0.25) is 5.76 Å². The van der Waals surface area contributed by atoms with Gasteiger partial charge in [0.15, 0.2) is 5.82 Å². The molecule has 0 fully saturated rings. The van der Waals surface area contributed by atoms with E-state index in [9.17, 15) is 4.79 Å². The minimum Gasteiger partial charge on any atom is -0.449 e. The first kappa shape index (κ1) is 20.0. The lowest BCUT2D eigenvalue weighted by Crippen LogP contribution is -2.14. The fraction of sp³-hybridized carbons (Fsp3) is 0.136. The van der Waals surface area contributed by atoms with Gasteiger partial charge in [-0.1, -0.05) is 29.8 Å². The highest BCUT2D eigenvalue weighted by Gasteiger charge is 2.23. The Morgan fingerprint density at radius 3 is 2.75 bits per heavy atom. The van der Waals surface area contributed by atoms with Gasteiger partial charge in [0.25, 0.3) is 5.91 Å². The number of imidazole rings is 1. The van der Waals surface area contributed by atoms with Gasteiger partial charge >= 0.3 is 0 Å². The molecule has 0 atom stereocenters. The third-order valence-corrected chi connectivity index (χ3v) is 5.13. The van der Waals surface area contributed by atoms with Crippen molar-refractivity contribution in [3.05, 3.63) is 72.2 Å². The van der Waals surface area contributed by atoms with Crippen molar-refractivity contribution in [2.24, 2.45) is 0 Å². The molecule has 0 aliphatic carbocycles. The fourth-order valence-corrected chi connectivity index (χ4v) is 3.62. The molecule has 0 radical (unpaired) electrons. The Morgan fingerprint density at radius 2 is 1.97 bits per heavy atom. The summed E-state index contributed by atoms with van der Waals surface area (Å²) in [5, 5.41) is 12.0. The molecule has 0 bridgehead atoms. The number of hydrogen-bond acceptors (Lipinski definition) is 6. The van der Waals surface area contributed by atoms with Crippen molar-refractivity contribution in [1.29, 1.82) is 0 Å². The van der Waals surface area contributed by atoms with Crippen LogP contribution in [0.3, 0.4) is 0 Å². The average Bonchev–Trinajstić information content (AvgIpc) is 3.51. The molecule has 0 aliphatic heterocycles. The first-order valence-electron chi connectivity index (χ1n) is 9.91. The Labute approximate surface area is 187 Å². The van der Waals surface area contributed by atoms with E-state index in [1.165, 1.54) is 6.33 Å². The van der Waals surface area contributed by atoms with Crippen LogP contribution in [0.15, 0.2) is 65.7 Å². The zero-order valence-corrected chi connectivity index (χ0v) is 18.0. The number of halogens is 1. The monoisotopic (exact) mass is 447 g/mol. The highest BCUT2D eigenvalue weighted by Crippen LogP contribution is 2.30. The maximum Gasteiger partial charge on any atom is 0.294 e. The van der Waals surface area contributed by atoms with Crippen LogP contribution in [0.5, 0.6) is 0 Å². The predicted octanol–water partition coefficient (Wildman–Crippen LogP) is 4.76. The molecule has 0 spiro atoms. The summed E-state index contributed by atoms with van der Waals surface area (Å²) in [7, 11) is 0. The summed E-state index contributed by atoms with van der Waals surface area (Å²) >= 11 is 6.01. The van der Waals surface area contributed by atoms with E-state index in [-0.39, 0.29) is 11.8 Å². The van der Waals surface area contributed by atoms with Gasteiger partial charge in [-0.2, -0.15) is 0 Å². The van der Waals surface area contributed by atoms with Gasteiger partial charge in [0.05, 0.1) is 0 Å². The number of aromatic nitrogens is 6. The van der Waals surface area contributed by atoms with Crippen LogP contribution in [0.2, 0.25) is 5.15 Å². The van der Waals surface area contributed by atoms with Crippen molar-refractivity contribution in [3.63, 3.8) is 0 Å². The van der Waals surface area contributed by atoms with Crippen molar-refractivity contribution in [3.8, 4) is 17.2 Å². The van der Waals surface area contributed by atoms with E-state index >= 15 is 0 Å². The van der Waals surface area contributed by atoms with Crippen molar-refractivity contribution in [2.75, 3.05) is 5.32 Å². The Morgan fingerprint density at radius 1 is 1.12 bits per heavy atom. The van der Waals surface area contributed by atoms with Crippen molar-refractivity contribution in [2.45, 2.75) is 19.9 Å². The molecule has 1 aromatic carbocycles. The molecule has 0 saturated carbocycles. The number of nitrogens with zero attached hydrogens (tertiary/aromatic N) is 6. The summed E-state index contributed by atoms with van der Waals surface area (Å²) in [6.07, 6.45) is 4.81. The molecule has 9 nitrogen and oxygen atoms in total. The number of para-hydroxylation sites is 1. The van der Waals surface area contributed by atoms with Crippen LogP contribution in [-0.4, -0.2) is 35.2 Å². The topological polar surface area (TPSA) is 104 Å². The molecule has 0 saturated heterocycles. The summed E-state index contributed by atoms with van der Waals surface area (Å²) in [5.74, 6) is 0.656. The Hall–Kier alpha value is -3.98. The van der Waals surface area contributed by atoms with Crippen molar-refractivity contribution >= 4 is 34.3 Å². The first-order chi connectivity index (χ1) is 15.5. The van der Waals surface area contributed by atoms with Gasteiger partial charge in [-0.05, 0) is 38.1 Å². The van der Waals surface area contributed by atoms with Crippen LogP contribution in [-0.2, 0) is 0 Å². The molecular weight excluding hydrogens is 430 g/mol. The number of anilines is 1. The Balaban J connectivity index is 1.52. The molecule has 160 valence electrons. The van der Waals surface area contributed by atoms with Gasteiger partial charge in [-0.15, -0.1) is 10.2 Å². The second-order valence-electron chi connectivity index (χ2n) is 7.40. The fourth-order valence-electron chi connectivity index (χ4n) is 3.47. The molecule has 0 aliphatic rings. The van der Waals surface area contributed by atoms with E-state index in [0.29, 0.717) is 33.8 Å². The lowest BCUT2D eigenvalue weighted by Gasteiger charge is -2.10. The SMILES string of the molecule is CC(C)n1cnnc1-c1cccc(NC(=O)c2oc3ccccc3c2-n2cnc(Cl)c2)n1. The lowest BCUT2D eigenvalue weighted by molar-refractivity contribution is 0.0998. The van der Waals surface area contributed by atoms with Crippen LogP contribution in [0.4, 0.5) is 5.82 Å². The zero-order valence-electron chi connectivity index (χ0n) is 17.2. The minimum atomic E-state index is -0.448. The Bertz CT molecular complexity index is 1430. The van der Waals surface area contributed by atoms with E-state index in [0.717, 1.165) is 5.39 Å². The van der Waals surface area contributed by atoms with E-state index < -0.39 is 5.91 Å². The Kier molecular flexibility index (Phi) is 4.95. The number of carbonyl (C=O) groups excluding carboxylic acids is 1. The molecule has 0 unspecified atom stereocenters. The molecule has 1 amide bonds. The molecule has 1 N–H and O–H groups in total. The van der Waals surface area contributed by atoms with Crippen LogP contribution in [0.1, 0.15) is 30.4 Å². The number of rotatable bonds is 5. The number of amides is 1. The summed E-state index contributed by atoms with van der Waals surface area (Å²) < 4.78 is 9.47. The molecule has 4 aromatic heterocycles. The standard InChI is InChI=1S/C22H18ClN7O2/c1-13(2)30-12-25-28-21(30)15-7-5-9-18(26-15)27-22(31)20-19(29-10-17(23)24-11-29)14-6-3-4-8-16(14)32-20/h3-13H,1-2H3,(H,26,27,31). The molecule has 10 heteroatoms. The van der Waals surface area contributed by atoms with Gasteiger partial charge in [-0.3, -0.25) is 4.79 Å². The molecular formula is C22H18ClN7O2. The van der Waals surface area contributed by atoms with E-state index in [1.807, 2.05) is 42.7 Å². The van der Waals surface area contributed by atoms with E-state index in [4.69, 9.17) is 16.0 Å². The number of furan rings is 1. The average molecular weight is 448 g/mol. The highest BCUT2D eigenvalue weighted by molar-refractivity contribution is 6.29. The number of fused-ring (bicyclic) bond motifs is 1. The summed E-state index contributed by atoms with van der Waals surface area (Å²) in [6, 6.07) is 12.9. The van der Waals surface area contributed by atoms with Crippen molar-refractivity contribution in [1.82, 2.24) is 29.3 Å². The van der Waals surface area contributed by atoms with E-state index in [1.54, 1.807) is 35.3 Å². The molecule has 4 heterocycles. The number of benzene rings is 1. The van der Waals surface area contributed by atoms with Crippen molar-refractivity contribution < 1.29 is 9.21 Å². The number of carbonyl (C=O) groups is 1. The first-order valence-corrected chi connectivity index (χ1v) is 10.3.